The second kappa shape index (κ2) is 8.74. The van der Waals surface area contributed by atoms with Crippen molar-refractivity contribution in [3.8, 4) is 0 Å². The Hall–Kier alpha value is -3.44. The van der Waals surface area contributed by atoms with E-state index >= 15 is 0 Å². The van der Waals surface area contributed by atoms with Gasteiger partial charge >= 0.3 is 0 Å². The maximum absolute atomic E-state index is 12.4. The van der Waals surface area contributed by atoms with E-state index in [0.717, 1.165) is 10.6 Å². The second-order valence-corrected chi connectivity index (χ2v) is 10.3. The number of nitrogens with zero attached hydrogens (tertiary/aromatic N) is 2. The summed E-state index contributed by atoms with van der Waals surface area (Å²) in [6.07, 6.45) is 4.02. The molecule has 11 heteroatoms. The van der Waals surface area contributed by atoms with Crippen LogP contribution in [0.2, 0.25) is 0 Å². The van der Waals surface area contributed by atoms with Gasteiger partial charge in [-0.15, -0.1) is 0 Å². The van der Waals surface area contributed by atoms with Crippen molar-refractivity contribution in [2.24, 2.45) is 0 Å². The van der Waals surface area contributed by atoms with Gasteiger partial charge < -0.3 is 5.32 Å². The Labute approximate surface area is 180 Å². The largest absolute Gasteiger partial charge is 0.322 e. The first kappa shape index (κ1) is 22.2. The lowest BCUT2D eigenvalue weighted by Crippen LogP contribution is -2.24. The van der Waals surface area contributed by atoms with Crippen LogP contribution in [0.15, 0.2) is 78.0 Å². The van der Waals surface area contributed by atoms with E-state index in [1.807, 2.05) is 0 Å². The maximum Gasteiger partial charge on any atom is 0.261 e. The molecule has 9 nitrogen and oxygen atoms in total. The Morgan fingerprint density at radius 2 is 1.55 bits per heavy atom. The standard InChI is InChI=1S/C20H20N4O5S2/c1-24(30(2,26)27)18-9-5-15(6-10-18)20(25)22-16-7-11-19(12-8-16)31(28,29)23-17-4-3-13-21-14-17/h3-14,23H,1-2H3,(H,22,25). The molecule has 0 radical (unpaired) electrons. The Morgan fingerprint density at radius 3 is 2.10 bits per heavy atom. The Morgan fingerprint density at radius 1 is 0.903 bits per heavy atom. The summed E-state index contributed by atoms with van der Waals surface area (Å²) >= 11 is 0. The quantitative estimate of drug-likeness (QED) is 0.558. The van der Waals surface area contributed by atoms with Gasteiger partial charge in [-0.3, -0.25) is 18.8 Å². The van der Waals surface area contributed by atoms with E-state index in [-0.39, 0.29) is 4.90 Å². The molecule has 0 aliphatic rings. The number of anilines is 3. The molecule has 0 saturated heterocycles. The van der Waals surface area contributed by atoms with Gasteiger partial charge in [0, 0.05) is 24.5 Å². The van der Waals surface area contributed by atoms with Crippen LogP contribution in [0.3, 0.4) is 0 Å². The lowest BCUT2D eigenvalue weighted by molar-refractivity contribution is 0.102. The van der Waals surface area contributed by atoms with Crippen LogP contribution >= 0.6 is 0 Å². The average Bonchev–Trinajstić information content (AvgIpc) is 2.73. The number of rotatable bonds is 7. The highest BCUT2D eigenvalue weighted by Crippen LogP contribution is 2.20. The lowest BCUT2D eigenvalue weighted by atomic mass is 10.2. The van der Waals surface area contributed by atoms with E-state index in [9.17, 15) is 21.6 Å². The van der Waals surface area contributed by atoms with E-state index in [2.05, 4.69) is 15.0 Å². The maximum atomic E-state index is 12.4. The zero-order valence-electron chi connectivity index (χ0n) is 16.7. The van der Waals surface area contributed by atoms with Gasteiger partial charge in [0.1, 0.15) is 0 Å². The number of hydrogen-bond acceptors (Lipinski definition) is 6. The molecule has 31 heavy (non-hydrogen) atoms. The first-order chi connectivity index (χ1) is 14.6. The summed E-state index contributed by atoms with van der Waals surface area (Å²) in [4.78, 5) is 16.3. The van der Waals surface area contributed by atoms with Crippen molar-refractivity contribution >= 4 is 43.0 Å². The number of nitrogens with one attached hydrogen (secondary N) is 2. The molecule has 2 N–H and O–H groups in total. The molecule has 0 spiro atoms. The molecule has 1 aromatic heterocycles. The lowest BCUT2D eigenvalue weighted by Gasteiger charge is -2.16. The van der Waals surface area contributed by atoms with Crippen molar-refractivity contribution in [3.63, 3.8) is 0 Å². The topological polar surface area (TPSA) is 126 Å². The van der Waals surface area contributed by atoms with Crippen LogP contribution in [0.5, 0.6) is 0 Å². The molecule has 0 saturated carbocycles. The summed E-state index contributed by atoms with van der Waals surface area (Å²) in [7, 11) is -5.77. The highest BCUT2D eigenvalue weighted by Gasteiger charge is 2.15. The van der Waals surface area contributed by atoms with Gasteiger partial charge in [-0.2, -0.15) is 0 Å². The van der Waals surface area contributed by atoms with Gasteiger partial charge in [0.25, 0.3) is 15.9 Å². The van der Waals surface area contributed by atoms with Gasteiger partial charge in [0.2, 0.25) is 10.0 Å². The summed E-state index contributed by atoms with van der Waals surface area (Å²) in [5.41, 5.74) is 1.49. The average molecular weight is 461 g/mol. The molecular weight excluding hydrogens is 440 g/mol. The second-order valence-electron chi connectivity index (χ2n) is 6.60. The number of sulfonamides is 2. The van der Waals surface area contributed by atoms with Gasteiger partial charge in [0.15, 0.2) is 0 Å². The first-order valence-corrected chi connectivity index (χ1v) is 12.3. The summed E-state index contributed by atoms with van der Waals surface area (Å²) in [6.45, 7) is 0. The van der Waals surface area contributed by atoms with Gasteiger partial charge in [-0.25, -0.2) is 16.8 Å². The Bertz CT molecular complexity index is 1280. The molecule has 0 unspecified atom stereocenters. The fraction of sp³-hybridized carbons (Fsp3) is 0.100. The van der Waals surface area contributed by atoms with E-state index in [1.54, 1.807) is 12.1 Å². The summed E-state index contributed by atoms with van der Waals surface area (Å²) in [5.74, 6) is -0.419. The third kappa shape index (κ3) is 5.58. The molecule has 3 rings (SSSR count). The smallest absolute Gasteiger partial charge is 0.261 e. The molecule has 0 atom stereocenters. The van der Waals surface area contributed by atoms with Crippen LogP contribution in [0.25, 0.3) is 0 Å². The number of amides is 1. The van der Waals surface area contributed by atoms with Gasteiger partial charge in [-0.05, 0) is 60.7 Å². The van der Waals surface area contributed by atoms with Crippen molar-refractivity contribution in [3.05, 3.63) is 78.6 Å². The van der Waals surface area contributed by atoms with Crippen molar-refractivity contribution in [1.82, 2.24) is 4.98 Å². The van der Waals surface area contributed by atoms with E-state index in [1.165, 1.54) is 68.0 Å². The van der Waals surface area contributed by atoms with Crippen LogP contribution in [0, 0.1) is 0 Å². The minimum atomic E-state index is -3.79. The molecule has 162 valence electrons. The molecule has 1 amide bonds. The molecular formula is C20H20N4O5S2. The fourth-order valence-corrected chi connectivity index (χ4v) is 4.12. The van der Waals surface area contributed by atoms with Gasteiger partial charge in [-0.1, -0.05) is 0 Å². The molecule has 2 aromatic carbocycles. The van der Waals surface area contributed by atoms with Crippen molar-refractivity contribution < 1.29 is 21.6 Å². The van der Waals surface area contributed by atoms with Crippen molar-refractivity contribution in [2.75, 3.05) is 27.6 Å². The van der Waals surface area contributed by atoms with Crippen LogP contribution in [0.4, 0.5) is 17.1 Å². The number of hydrogen-bond donors (Lipinski definition) is 2. The number of pyridine rings is 1. The first-order valence-electron chi connectivity index (χ1n) is 8.94. The van der Waals surface area contributed by atoms with Crippen LogP contribution < -0.4 is 14.3 Å². The zero-order chi connectivity index (χ0) is 22.6. The molecule has 0 bridgehead atoms. The predicted octanol–water partition coefficient (Wildman–Crippen LogP) is 2.53. The van der Waals surface area contributed by atoms with E-state index in [4.69, 9.17) is 0 Å². The number of carbonyl (C=O) groups is 1. The number of benzene rings is 2. The highest BCUT2D eigenvalue weighted by atomic mass is 32.2. The van der Waals surface area contributed by atoms with Crippen molar-refractivity contribution in [1.29, 1.82) is 0 Å². The normalized spacial score (nSPS) is 11.5. The SMILES string of the molecule is CN(c1ccc(C(=O)Nc2ccc(S(=O)(=O)Nc3cccnc3)cc2)cc1)S(C)(=O)=O. The molecule has 0 aliphatic carbocycles. The zero-order valence-corrected chi connectivity index (χ0v) is 18.3. The van der Waals surface area contributed by atoms with Crippen LogP contribution in [-0.2, 0) is 20.0 Å². The van der Waals surface area contributed by atoms with Crippen molar-refractivity contribution in [2.45, 2.75) is 4.90 Å². The Kier molecular flexibility index (Phi) is 6.27. The molecule has 3 aromatic rings. The van der Waals surface area contributed by atoms with Crippen LogP contribution in [0.1, 0.15) is 10.4 Å². The fourth-order valence-electron chi connectivity index (χ4n) is 2.57. The minimum Gasteiger partial charge on any atom is -0.322 e. The van der Waals surface area contributed by atoms with Crippen LogP contribution in [-0.4, -0.2) is 41.0 Å². The third-order valence-electron chi connectivity index (χ3n) is 4.33. The van der Waals surface area contributed by atoms with E-state index in [0.29, 0.717) is 22.6 Å². The van der Waals surface area contributed by atoms with Gasteiger partial charge in [0.05, 0.1) is 28.7 Å². The monoisotopic (exact) mass is 460 g/mol. The Balaban J connectivity index is 1.69. The molecule has 0 aliphatic heterocycles. The summed E-state index contributed by atoms with van der Waals surface area (Å²) < 4.78 is 51.6. The predicted molar refractivity (Wildman–Crippen MR) is 119 cm³/mol. The highest BCUT2D eigenvalue weighted by molar-refractivity contribution is 7.92. The number of carbonyl (C=O) groups excluding carboxylic acids is 1. The summed E-state index contributed by atoms with van der Waals surface area (Å²) in [5, 5.41) is 2.67. The number of aromatic nitrogens is 1. The molecule has 1 heterocycles. The third-order valence-corrected chi connectivity index (χ3v) is 6.93. The molecule has 0 fully saturated rings. The van der Waals surface area contributed by atoms with E-state index < -0.39 is 26.0 Å². The summed E-state index contributed by atoms with van der Waals surface area (Å²) in [6, 6.07) is 14.9. The minimum absolute atomic E-state index is 0.0301.